The van der Waals surface area contributed by atoms with Crippen LogP contribution in [0.3, 0.4) is 0 Å². The van der Waals surface area contributed by atoms with Crippen LogP contribution in [0, 0.1) is 0 Å². The summed E-state index contributed by atoms with van der Waals surface area (Å²) < 4.78 is 16.6. The van der Waals surface area contributed by atoms with Gasteiger partial charge in [0.25, 0.3) is 0 Å². The fraction of sp³-hybridized carbons (Fsp3) is 0.120. The Labute approximate surface area is 187 Å². The summed E-state index contributed by atoms with van der Waals surface area (Å²) >= 11 is 5.95. The van der Waals surface area contributed by atoms with Crippen molar-refractivity contribution in [2.75, 3.05) is 7.11 Å². The van der Waals surface area contributed by atoms with Crippen molar-refractivity contribution in [3.05, 3.63) is 87.2 Å². The number of hydrogen-bond donors (Lipinski definition) is 1. The van der Waals surface area contributed by atoms with Gasteiger partial charge in [-0.15, -0.1) is 0 Å². The maximum atomic E-state index is 13.3. The van der Waals surface area contributed by atoms with E-state index in [2.05, 4.69) is 0 Å². The van der Waals surface area contributed by atoms with Crippen LogP contribution in [-0.2, 0) is 4.79 Å². The third kappa shape index (κ3) is 3.29. The van der Waals surface area contributed by atoms with Crippen LogP contribution in [0.5, 0.6) is 17.2 Å². The van der Waals surface area contributed by atoms with Crippen LogP contribution in [0.4, 0.5) is 0 Å². The molecule has 32 heavy (non-hydrogen) atoms. The SMILES string of the molecule is COc1cccc(C2CC(=O)Oc3cc(O)c4c(=O)c(-c5ccc(Cl)cc5)coc4c32)c1. The highest BCUT2D eigenvalue weighted by Crippen LogP contribution is 2.46. The second-order valence-corrected chi connectivity index (χ2v) is 7.94. The fourth-order valence-corrected chi connectivity index (χ4v) is 4.23. The molecule has 1 atom stereocenters. The number of methoxy groups -OCH3 is 1. The summed E-state index contributed by atoms with van der Waals surface area (Å²) in [5.41, 5.74) is 2.02. The molecule has 2 heterocycles. The maximum absolute atomic E-state index is 13.3. The first-order valence-corrected chi connectivity index (χ1v) is 10.3. The first kappa shape index (κ1) is 20.2. The number of hydrogen-bond acceptors (Lipinski definition) is 6. The zero-order valence-electron chi connectivity index (χ0n) is 16.9. The molecule has 5 rings (SSSR count). The Morgan fingerprint density at radius 3 is 2.62 bits per heavy atom. The topological polar surface area (TPSA) is 86.0 Å². The lowest BCUT2D eigenvalue weighted by atomic mass is 9.85. The number of phenols is 1. The van der Waals surface area contributed by atoms with Crippen molar-refractivity contribution in [3.8, 4) is 28.4 Å². The molecule has 1 aliphatic heterocycles. The van der Waals surface area contributed by atoms with Crippen LogP contribution in [0.2, 0.25) is 5.02 Å². The largest absolute Gasteiger partial charge is 0.507 e. The lowest BCUT2D eigenvalue weighted by Gasteiger charge is -2.26. The lowest BCUT2D eigenvalue weighted by molar-refractivity contribution is -0.135. The van der Waals surface area contributed by atoms with Gasteiger partial charge >= 0.3 is 5.97 Å². The van der Waals surface area contributed by atoms with Crippen molar-refractivity contribution in [2.45, 2.75) is 12.3 Å². The van der Waals surface area contributed by atoms with Crippen LogP contribution < -0.4 is 14.9 Å². The molecule has 1 aliphatic rings. The number of benzene rings is 3. The Hall–Kier alpha value is -3.77. The molecule has 1 N–H and O–H groups in total. The van der Waals surface area contributed by atoms with Crippen LogP contribution in [0.1, 0.15) is 23.5 Å². The molecule has 0 amide bonds. The van der Waals surface area contributed by atoms with Gasteiger partial charge in [-0.1, -0.05) is 35.9 Å². The van der Waals surface area contributed by atoms with Crippen molar-refractivity contribution in [2.24, 2.45) is 0 Å². The number of rotatable bonds is 3. The van der Waals surface area contributed by atoms with E-state index in [-0.39, 0.29) is 34.5 Å². The van der Waals surface area contributed by atoms with E-state index in [4.69, 9.17) is 25.5 Å². The Bertz CT molecular complexity index is 1420. The minimum absolute atomic E-state index is 0.0297. The Kier molecular flexibility index (Phi) is 4.87. The number of aromatic hydroxyl groups is 1. The molecule has 1 unspecified atom stereocenters. The van der Waals surface area contributed by atoms with Crippen LogP contribution in [0.25, 0.3) is 22.1 Å². The Balaban J connectivity index is 1.76. The van der Waals surface area contributed by atoms with Crippen molar-refractivity contribution < 1.29 is 23.8 Å². The Morgan fingerprint density at radius 1 is 1.09 bits per heavy atom. The van der Waals surface area contributed by atoms with Gasteiger partial charge < -0.3 is 19.0 Å². The normalized spacial score (nSPS) is 15.3. The van der Waals surface area contributed by atoms with E-state index in [1.165, 1.54) is 12.3 Å². The average Bonchev–Trinajstić information content (AvgIpc) is 2.79. The van der Waals surface area contributed by atoms with E-state index in [1.54, 1.807) is 37.4 Å². The monoisotopic (exact) mass is 448 g/mol. The number of halogens is 1. The van der Waals surface area contributed by atoms with Gasteiger partial charge in [-0.2, -0.15) is 0 Å². The van der Waals surface area contributed by atoms with E-state index >= 15 is 0 Å². The first-order valence-electron chi connectivity index (χ1n) is 9.88. The molecule has 0 aliphatic carbocycles. The van der Waals surface area contributed by atoms with Crippen molar-refractivity contribution in [3.63, 3.8) is 0 Å². The van der Waals surface area contributed by atoms with E-state index in [0.29, 0.717) is 21.9 Å². The predicted molar refractivity (Wildman–Crippen MR) is 120 cm³/mol. The van der Waals surface area contributed by atoms with Gasteiger partial charge in [0, 0.05) is 22.6 Å². The highest BCUT2D eigenvalue weighted by Gasteiger charge is 2.33. The molecule has 0 spiro atoms. The summed E-state index contributed by atoms with van der Waals surface area (Å²) in [5.74, 6) is -0.389. The number of ether oxygens (including phenoxy) is 2. The lowest BCUT2D eigenvalue weighted by Crippen LogP contribution is -2.22. The number of carbonyl (C=O) groups is 1. The summed E-state index contributed by atoms with van der Waals surface area (Å²) in [4.78, 5) is 25.7. The molecule has 0 saturated carbocycles. The molecular weight excluding hydrogens is 432 g/mol. The first-order chi connectivity index (χ1) is 15.5. The molecule has 1 aromatic heterocycles. The van der Waals surface area contributed by atoms with Crippen LogP contribution >= 0.6 is 11.6 Å². The minimum Gasteiger partial charge on any atom is -0.507 e. The van der Waals surface area contributed by atoms with Gasteiger partial charge in [-0.3, -0.25) is 9.59 Å². The van der Waals surface area contributed by atoms with E-state index in [1.807, 2.05) is 18.2 Å². The van der Waals surface area contributed by atoms with Gasteiger partial charge in [0.15, 0.2) is 0 Å². The summed E-state index contributed by atoms with van der Waals surface area (Å²) in [5, 5.41) is 11.2. The number of phenolic OH excluding ortho intramolecular Hbond substituents is 1. The average molecular weight is 449 g/mol. The summed E-state index contributed by atoms with van der Waals surface area (Å²) in [6, 6.07) is 15.4. The summed E-state index contributed by atoms with van der Waals surface area (Å²) in [6.07, 6.45) is 1.41. The zero-order chi connectivity index (χ0) is 22.4. The molecule has 160 valence electrons. The highest BCUT2D eigenvalue weighted by molar-refractivity contribution is 6.30. The molecule has 4 aromatic rings. The molecule has 0 bridgehead atoms. The Morgan fingerprint density at radius 2 is 1.88 bits per heavy atom. The molecule has 0 saturated heterocycles. The smallest absolute Gasteiger partial charge is 0.312 e. The van der Waals surface area contributed by atoms with Crippen molar-refractivity contribution >= 4 is 28.5 Å². The number of carbonyl (C=O) groups excluding carboxylic acids is 1. The van der Waals surface area contributed by atoms with Gasteiger partial charge in [0.1, 0.15) is 34.5 Å². The fourth-order valence-electron chi connectivity index (χ4n) is 4.10. The highest BCUT2D eigenvalue weighted by atomic mass is 35.5. The molecule has 0 radical (unpaired) electrons. The van der Waals surface area contributed by atoms with E-state index in [0.717, 1.165) is 5.56 Å². The third-order valence-electron chi connectivity index (χ3n) is 5.62. The quantitative estimate of drug-likeness (QED) is 0.339. The van der Waals surface area contributed by atoms with E-state index in [9.17, 15) is 14.7 Å². The van der Waals surface area contributed by atoms with Gasteiger partial charge in [-0.25, -0.2) is 0 Å². The standard InChI is InChI=1S/C25H17ClO6/c1-30-16-4-2-3-14(9-16)17-10-21(28)32-20-11-19(27)23-24(29)18(12-31-25(23)22(17)20)13-5-7-15(26)8-6-13/h2-9,11-12,17,27H,10H2,1H3. The summed E-state index contributed by atoms with van der Waals surface area (Å²) in [6.45, 7) is 0. The van der Waals surface area contributed by atoms with Crippen LogP contribution in [-0.4, -0.2) is 18.2 Å². The zero-order valence-corrected chi connectivity index (χ0v) is 17.7. The van der Waals surface area contributed by atoms with Gasteiger partial charge in [0.2, 0.25) is 5.43 Å². The molecule has 3 aromatic carbocycles. The number of esters is 1. The molecule has 0 fully saturated rings. The number of fused-ring (bicyclic) bond motifs is 3. The van der Waals surface area contributed by atoms with E-state index < -0.39 is 17.3 Å². The summed E-state index contributed by atoms with van der Waals surface area (Å²) in [7, 11) is 1.56. The molecule has 6 nitrogen and oxygen atoms in total. The van der Waals surface area contributed by atoms with Crippen molar-refractivity contribution in [1.29, 1.82) is 0 Å². The second-order valence-electron chi connectivity index (χ2n) is 7.50. The van der Waals surface area contributed by atoms with Gasteiger partial charge in [0.05, 0.1) is 19.1 Å². The minimum atomic E-state index is -0.441. The molecule has 7 heteroatoms. The second kappa shape index (κ2) is 7.73. The predicted octanol–water partition coefficient (Wildman–Crippen LogP) is 5.27. The third-order valence-corrected chi connectivity index (χ3v) is 5.87. The van der Waals surface area contributed by atoms with Gasteiger partial charge in [-0.05, 0) is 35.4 Å². The van der Waals surface area contributed by atoms with Crippen molar-refractivity contribution in [1.82, 2.24) is 0 Å². The maximum Gasteiger partial charge on any atom is 0.312 e. The molecular formula is C25H17ClO6. The van der Waals surface area contributed by atoms with Crippen LogP contribution in [0.15, 0.2) is 70.1 Å².